The molecule has 0 saturated carbocycles. The summed E-state index contributed by atoms with van der Waals surface area (Å²) in [7, 11) is 3.96. The predicted octanol–water partition coefficient (Wildman–Crippen LogP) is 3.05. The fraction of sp³-hybridized carbons (Fsp3) is 0.524. The van der Waals surface area contributed by atoms with Gasteiger partial charge in [0.05, 0.1) is 12.8 Å². The number of hydrogen-bond acceptors (Lipinski definition) is 7. The second-order valence-corrected chi connectivity index (χ2v) is 9.04. The zero-order valence-corrected chi connectivity index (χ0v) is 19.3. The highest BCUT2D eigenvalue weighted by atomic mass is 127. The number of rotatable bonds is 5. The van der Waals surface area contributed by atoms with Crippen molar-refractivity contribution in [3.63, 3.8) is 0 Å². The van der Waals surface area contributed by atoms with Crippen LogP contribution in [-0.4, -0.2) is 79.2 Å². The van der Waals surface area contributed by atoms with Gasteiger partial charge in [0.15, 0.2) is 0 Å². The van der Waals surface area contributed by atoms with Crippen molar-refractivity contribution in [2.24, 2.45) is 0 Å². The topological polar surface area (TPSA) is 56.8 Å². The van der Waals surface area contributed by atoms with Gasteiger partial charge >= 0.3 is 0 Å². The molecule has 0 unspecified atom stereocenters. The van der Waals surface area contributed by atoms with Crippen LogP contribution in [-0.2, 0) is 0 Å². The summed E-state index contributed by atoms with van der Waals surface area (Å²) in [6.07, 6.45) is 6.18. The Hall–Kier alpha value is -1.65. The molecule has 1 aromatic carbocycles. The van der Waals surface area contributed by atoms with Gasteiger partial charge in [0.2, 0.25) is 5.95 Å². The molecule has 2 saturated heterocycles. The van der Waals surface area contributed by atoms with E-state index in [2.05, 4.69) is 71.8 Å². The number of aromatic nitrogens is 2. The minimum Gasteiger partial charge on any atom is -0.495 e. The molecule has 2 aliphatic rings. The average molecular weight is 508 g/mol. The molecule has 1 N–H and O–H groups in total. The van der Waals surface area contributed by atoms with Crippen LogP contribution in [0.25, 0.3) is 0 Å². The normalized spacial score (nSPS) is 19.3. The fourth-order valence-corrected chi connectivity index (χ4v) is 4.49. The molecular formula is C21H29IN6O. The minimum absolute atomic E-state index is 0.590. The number of piperazine rings is 1. The Morgan fingerprint density at radius 1 is 1.03 bits per heavy atom. The number of hydrogen-bond donors (Lipinski definition) is 1. The van der Waals surface area contributed by atoms with Gasteiger partial charge in [-0.3, -0.25) is 4.90 Å². The number of halogens is 1. The maximum atomic E-state index is 5.71. The molecule has 3 heterocycles. The maximum Gasteiger partial charge on any atom is 0.227 e. The number of anilines is 3. The SMILES string of the molecule is COc1cc(Nc2ncc(I)cn2)ccc1N1CCN(C2CCN(C)CC2)CC1. The molecular weight excluding hydrogens is 479 g/mol. The lowest BCUT2D eigenvalue weighted by Gasteiger charge is -2.43. The van der Waals surface area contributed by atoms with Crippen LogP contribution in [0.5, 0.6) is 5.75 Å². The van der Waals surface area contributed by atoms with Gasteiger partial charge in [-0.25, -0.2) is 9.97 Å². The Balaban J connectivity index is 1.39. The summed E-state index contributed by atoms with van der Waals surface area (Å²) in [5.74, 6) is 1.47. The Bertz CT molecular complexity index is 801. The van der Waals surface area contributed by atoms with Crippen molar-refractivity contribution in [1.82, 2.24) is 19.8 Å². The average Bonchev–Trinajstić information content (AvgIpc) is 2.76. The standard InChI is InChI=1S/C21H29IN6O/c1-26-7-5-18(6-8-26)27-9-11-28(12-10-27)19-4-3-17(13-20(19)29-2)25-21-23-14-16(22)15-24-21/h3-4,13-15,18H,5-12H2,1-2H3,(H,23,24,25). The molecule has 8 heteroatoms. The lowest BCUT2D eigenvalue weighted by molar-refractivity contribution is 0.115. The van der Waals surface area contributed by atoms with Gasteiger partial charge in [0.25, 0.3) is 0 Å². The first-order valence-electron chi connectivity index (χ1n) is 10.2. The highest BCUT2D eigenvalue weighted by Gasteiger charge is 2.27. The number of nitrogens with one attached hydrogen (secondary N) is 1. The highest BCUT2D eigenvalue weighted by Crippen LogP contribution is 2.33. The third kappa shape index (κ3) is 5.10. The van der Waals surface area contributed by atoms with Gasteiger partial charge in [0.1, 0.15) is 5.75 Å². The summed E-state index contributed by atoms with van der Waals surface area (Å²) in [5, 5.41) is 3.25. The van der Waals surface area contributed by atoms with Crippen molar-refractivity contribution >= 4 is 39.9 Å². The van der Waals surface area contributed by atoms with E-state index in [1.54, 1.807) is 19.5 Å². The van der Waals surface area contributed by atoms with Crippen molar-refractivity contribution in [3.05, 3.63) is 34.2 Å². The van der Waals surface area contributed by atoms with Crippen LogP contribution < -0.4 is 15.0 Å². The third-order valence-corrected chi connectivity index (χ3v) is 6.47. The Morgan fingerprint density at radius 2 is 1.72 bits per heavy atom. The van der Waals surface area contributed by atoms with Crippen LogP contribution in [0.4, 0.5) is 17.3 Å². The number of benzene rings is 1. The molecule has 1 aromatic heterocycles. The summed E-state index contributed by atoms with van der Waals surface area (Å²) in [4.78, 5) is 16.2. The molecule has 0 atom stereocenters. The van der Waals surface area contributed by atoms with Gasteiger partial charge in [-0.05, 0) is 67.7 Å². The van der Waals surface area contributed by atoms with Crippen LogP contribution >= 0.6 is 22.6 Å². The fourth-order valence-electron chi connectivity index (χ4n) is 4.21. The third-order valence-electron chi connectivity index (χ3n) is 5.92. The number of methoxy groups -OCH3 is 1. The molecule has 2 aromatic rings. The Labute approximate surface area is 186 Å². The summed E-state index contributed by atoms with van der Waals surface area (Å²) in [6, 6.07) is 6.98. The number of likely N-dealkylation sites (tertiary alicyclic amines) is 1. The predicted molar refractivity (Wildman–Crippen MR) is 125 cm³/mol. The van der Waals surface area contributed by atoms with Crippen LogP contribution in [0.15, 0.2) is 30.6 Å². The zero-order valence-electron chi connectivity index (χ0n) is 17.1. The maximum absolute atomic E-state index is 5.71. The van der Waals surface area contributed by atoms with Crippen molar-refractivity contribution in [2.45, 2.75) is 18.9 Å². The first-order valence-corrected chi connectivity index (χ1v) is 11.3. The quantitative estimate of drug-likeness (QED) is 0.624. The molecule has 0 amide bonds. The summed E-state index contributed by atoms with van der Waals surface area (Å²) in [5.41, 5.74) is 2.08. The second kappa shape index (κ2) is 9.44. The van der Waals surface area contributed by atoms with Crippen LogP contribution in [0.1, 0.15) is 12.8 Å². The van der Waals surface area contributed by atoms with Crippen LogP contribution in [0.2, 0.25) is 0 Å². The van der Waals surface area contributed by atoms with Gasteiger partial charge < -0.3 is 19.9 Å². The van der Waals surface area contributed by atoms with Gasteiger partial charge in [0, 0.05) is 59.9 Å². The van der Waals surface area contributed by atoms with E-state index in [0.29, 0.717) is 5.95 Å². The van der Waals surface area contributed by atoms with Crippen molar-refractivity contribution < 1.29 is 4.74 Å². The Morgan fingerprint density at radius 3 is 2.38 bits per heavy atom. The molecule has 0 bridgehead atoms. The van der Waals surface area contributed by atoms with Crippen molar-refractivity contribution in [2.75, 3.05) is 63.6 Å². The lowest BCUT2D eigenvalue weighted by atomic mass is 10.0. The van der Waals surface area contributed by atoms with Crippen LogP contribution in [0, 0.1) is 3.57 Å². The Kier molecular flexibility index (Phi) is 6.71. The molecule has 156 valence electrons. The van der Waals surface area contributed by atoms with E-state index in [9.17, 15) is 0 Å². The molecule has 2 fully saturated rings. The van der Waals surface area contributed by atoms with Gasteiger partial charge in [-0.1, -0.05) is 0 Å². The van der Waals surface area contributed by atoms with E-state index in [1.807, 2.05) is 6.07 Å². The van der Waals surface area contributed by atoms with E-state index in [4.69, 9.17) is 4.74 Å². The van der Waals surface area contributed by atoms with E-state index in [0.717, 1.165) is 52.9 Å². The summed E-state index contributed by atoms with van der Waals surface area (Å²) >= 11 is 2.20. The monoisotopic (exact) mass is 508 g/mol. The number of ether oxygens (including phenoxy) is 1. The first kappa shape index (κ1) is 20.6. The first-order chi connectivity index (χ1) is 14.1. The number of nitrogens with zero attached hydrogens (tertiary/aromatic N) is 5. The molecule has 0 aliphatic carbocycles. The van der Waals surface area contributed by atoms with E-state index in [-0.39, 0.29) is 0 Å². The second-order valence-electron chi connectivity index (χ2n) is 7.79. The molecule has 0 spiro atoms. The van der Waals surface area contributed by atoms with E-state index >= 15 is 0 Å². The molecule has 4 rings (SSSR count). The summed E-state index contributed by atoms with van der Waals surface area (Å²) < 4.78 is 6.72. The van der Waals surface area contributed by atoms with Gasteiger partial charge in [-0.15, -0.1) is 0 Å². The van der Waals surface area contributed by atoms with E-state index < -0.39 is 0 Å². The zero-order chi connectivity index (χ0) is 20.2. The summed E-state index contributed by atoms with van der Waals surface area (Å²) in [6.45, 7) is 6.75. The lowest BCUT2D eigenvalue weighted by Crippen LogP contribution is -2.53. The number of piperidine rings is 1. The smallest absolute Gasteiger partial charge is 0.227 e. The van der Waals surface area contributed by atoms with Crippen LogP contribution in [0.3, 0.4) is 0 Å². The highest BCUT2D eigenvalue weighted by molar-refractivity contribution is 14.1. The van der Waals surface area contributed by atoms with E-state index in [1.165, 1.54) is 25.9 Å². The van der Waals surface area contributed by atoms with Crippen molar-refractivity contribution in [1.29, 1.82) is 0 Å². The van der Waals surface area contributed by atoms with Gasteiger partial charge in [-0.2, -0.15) is 0 Å². The molecule has 2 aliphatic heterocycles. The van der Waals surface area contributed by atoms with Crippen molar-refractivity contribution in [3.8, 4) is 5.75 Å². The molecule has 29 heavy (non-hydrogen) atoms. The minimum atomic E-state index is 0.590. The molecule has 0 radical (unpaired) electrons. The molecule has 7 nitrogen and oxygen atoms in total. The largest absolute Gasteiger partial charge is 0.495 e.